The van der Waals surface area contributed by atoms with E-state index in [1.54, 1.807) is 0 Å². The van der Waals surface area contributed by atoms with Crippen LogP contribution in [0, 0.1) is 23.2 Å². The zero-order valence-corrected chi connectivity index (χ0v) is 9.37. The molecule has 0 saturated carbocycles. The molecule has 0 aliphatic heterocycles. The summed E-state index contributed by atoms with van der Waals surface area (Å²) < 4.78 is 12.1. The van der Waals surface area contributed by atoms with Gasteiger partial charge in [-0.25, -0.2) is 4.39 Å². The van der Waals surface area contributed by atoms with Crippen molar-refractivity contribution in [3.05, 3.63) is 35.6 Å². The number of hydrogen-bond acceptors (Lipinski definition) is 1. The first-order valence-electron chi connectivity index (χ1n) is 2.67. The first-order valence-corrected chi connectivity index (χ1v) is 6.57. The second-order valence-corrected chi connectivity index (χ2v) is 1.54. The second-order valence-electron chi connectivity index (χ2n) is 1.54. The van der Waals surface area contributed by atoms with Crippen molar-refractivity contribution in [3.63, 3.8) is 0 Å². The predicted octanol–water partition coefficient (Wildman–Crippen LogP) is 2.18. The Morgan fingerprint density at radius 1 is 1.64 bits per heavy atom. The fraction of sp³-hybridized carbons (Fsp3) is 0. The van der Waals surface area contributed by atoms with Crippen LogP contribution in [0.25, 0.3) is 0 Å². The van der Waals surface area contributed by atoms with Gasteiger partial charge in [-0.2, -0.15) is 17.4 Å². The number of rotatable bonds is 0. The third-order valence-electron chi connectivity index (χ3n) is 0.895. The summed E-state index contributed by atoms with van der Waals surface area (Å²) in [5, 5.41) is 8.23. The minimum atomic E-state index is -0.492. The zero-order valence-electron chi connectivity index (χ0n) is 5.64. The third kappa shape index (κ3) is 4.08. The summed E-state index contributed by atoms with van der Waals surface area (Å²) in [5.74, 6) is -0.492. The van der Waals surface area contributed by atoms with Crippen molar-refractivity contribution in [1.82, 2.24) is 0 Å². The van der Waals surface area contributed by atoms with Gasteiger partial charge in [-0.15, -0.1) is 12.1 Å². The van der Waals surface area contributed by atoms with E-state index in [9.17, 15) is 4.39 Å². The summed E-state index contributed by atoms with van der Waals surface area (Å²) in [7, 11) is 4.76. The van der Waals surface area contributed by atoms with Crippen LogP contribution in [-0.2, 0) is 17.3 Å². The normalized spacial score (nSPS) is 7.55. The Bertz CT molecular complexity index is 259. The molecule has 0 amide bonds. The van der Waals surface area contributed by atoms with Crippen molar-refractivity contribution in [1.29, 1.82) is 5.26 Å². The summed E-state index contributed by atoms with van der Waals surface area (Å²) in [6, 6.07) is 8.12. The average Bonchev–Trinajstić information content (AvgIpc) is 2.08. The van der Waals surface area contributed by atoms with Gasteiger partial charge in [-0.1, -0.05) is 5.56 Å². The van der Waals surface area contributed by atoms with Crippen LogP contribution < -0.4 is 0 Å². The Labute approximate surface area is 78.5 Å². The molecule has 0 N–H and O–H groups in total. The molecule has 1 rings (SSSR count). The SMILES string of the molecule is N#Cc1cc[c-]c(F)c1.[Cl][Zn+]. The second kappa shape index (κ2) is 6.28. The molecule has 11 heavy (non-hydrogen) atoms. The Hall–Kier alpha value is -0.447. The molecule has 0 unspecified atom stereocenters. The van der Waals surface area contributed by atoms with Gasteiger partial charge in [0.2, 0.25) is 0 Å². The first kappa shape index (κ1) is 10.6. The maximum absolute atomic E-state index is 12.1. The Balaban J connectivity index is 0.000000461. The van der Waals surface area contributed by atoms with Crippen LogP contribution in [-0.4, -0.2) is 0 Å². The molecule has 0 aliphatic carbocycles. The molecule has 0 aliphatic rings. The first-order chi connectivity index (χ1) is 5.33. The molecule has 4 heteroatoms. The molecule has 1 aromatic carbocycles. The van der Waals surface area contributed by atoms with E-state index in [0.29, 0.717) is 5.56 Å². The molecule has 0 atom stereocenters. The Morgan fingerprint density at radius 2 is 2.27 bits per heavy atom. The number of nitriles is 1. The number of hydrogen-bond donors (Lipinski definition) is 0. The van der Waals surface area contributed by atoms with Crippen molar-refractivity contribution >= 4 is 9.69 Å². The van der Waals surface area contributed by atoms with Crippen molar-refractivity contribution in [2.24, 2.45) is 0 Å². The summed E-state index contributed by atoms with van der Waals surface area (Å²) >= 11 is 0.847. The van der Waals surface area contributed by atoms with Crippen LogP contribution in [0.4, 0.5) is 4.39 Å². The van der Waals surface area contributed by atoms with E-state index in [-0.39, 0.29) is 0 Å². The summed E-state index contributed by atoms with van der Waals surface area (Å²) in [6.45, 7) is 0. The standard InChI is InChI=1S/C7H3FN.ClH.Zn/c8-7-3-1-2-6(4-7)5-9;;/h1-2,4H;1H;/q-1;;+2/p-1. The van der Waals surface area contributed by atoms with Crippen molar-refractivity contribution in [2.75, 3.05) is 0 Å². The minimum absolute atomic E-state index is 0.325. The molecule has 52 valence electrons. The summed E-state index contributed by atoms with van der Waals surface area (Å²) in [4.78, 5) is 0. The van der Waals surface area contributed by atoms with Gasteiger partial charge in [-0.05, 0) is 0 Å². The van der Waals surface area contributed by atoms with E-state index in [1.165, 1.54) is 12.1 Å². The zero-order chi connectivity index (χ0) is 8.69. The molecule has 1 nitrogen and oxygen atoms in total. The van der Waals surface area contributed by atoms with Crippen LogP contribution in [0.3, 0.4) is 0 Å². The topological polar surface area (TPSA) is 23.8 Å². The van der Waals surface area contributed by atoms with Gasteiger partial charge in [0.25, 0.3) is 0 Å². The molecule has 0 saturated heterocycles. The number of halogens is 2. The fourth-order valence-electron chi connectivity index (χ4n) is 0.507. The van der Waals surface area contributed by atoms with Gasteiger partial charge >= 0.3 is 27.0 Å². The molecule has 0 fully saturated rings. The van der Waals surface area contributed by atoms with Gasteiger partial charge in [0.05, 0.1) is 6.07 Å². The summed E-state index contributed by atoms with van der Waals surface area (Å²) in [5.41, 5.74) is 0.325. The molecule has 0 aromatic heterocycles. The van der Waals surface area contributed by atoms with Gasteiger partial charge < -0.3 is 0 Å². The van der Waals surface area contributed by atoms with Crippen molar-refractivity contribution in [2.45, 2.75) is 0 Å². The van der Waals surface area contributed by atoms with Gasteiger partial charge in [0.1, 0.15) is 0 Å². The summed E-state index contributed by atoms with van der Waals surface area (Å²) in [6.07, 6.45) is 0. The van der Waals surface area contributed by atoms with Crippen LogP contribution in [0.1, 0.15) is 5.56 Å². The van der Waals surface area contributed by atoms with Gasteiger partial charge in [-0.3, -0.25) is 0 Å². The van der Waals surface area contributed by atoms with Crippen LogP contribution in [0.5, 0.6) is 0 Å². The predicted molar refractivity (Wildman–Crippen MR) is 35.8 cm³/mol. The quantitative estimate of drug-likeness (QED) is 0.486. The van der Waals surface area contributed by atoms with E-state index in [1.807, 2.05) is 6.07 Å². The monoisotopic (exact) mass is 219 g/mol. The molecule has 0 heterocycles. The number of nitrogens with zero attached hydrogens (tertiary/aromatic N) is 1. The third-order valence-corrected chi connectivity index (χ3v) is 0.895. The maximum atomic E-state index is 12.1. The van der Waals surface area contributed by atoms with E-state index in [4.69, 9.17) is 15.0 Å². The Morgan fingerprint density at radius 3 is 2.64 bits per heavy atom. The number of benzene rings is 1. The van der Waals surface area contributed by atoms with E-state index >= 15 is 0 Å². The van der Waals surface area contributed by atoms with Crippen molar-refractivity contribution < 1.29 is 21.7 Å². The van der Waals surface area contributed by atoms with Gasteiger partial charge in [0, 0.05) is 5.82 Å². The van der Waals surface area contributed by atoms with Crippen LogP contribution >= 0.6 is 9.69 Å². The van der Waals surface area contributed by atoms with E-state index in [2.05, 4.69) is 6.07 Å². The average molecular weight is 221 g/mol. The molecule has 1 aromatic rings. The van der Waals surface area contributed by atoms with E-state index in [0.717, 1.165) is 23.4 Å². The molecule has 0 bridgehead atoms. The van der Waals surface area contributed by atoms with Crippen molar-refractivity contribution in [3.8, 4) is 6.07 Å². The fourth-order valence-corrected chi connectivity index (χ4v) is 0.507. The van der Waals surface area contributed by atoms with Gasteiger partial charge in [0.15, 0.2) is 0 Å². The molecule has 0 spiro atoms. The Kier molecular flexibility index (Phi) is 6.02. The molecule has 0 radical (unpaired) electrons. The molecular weight excluding hydrogens is 218 g/mol. The van der Waals surface area contributed by atoms with Crippen LogP contribution in [0.2, 0.25) is 0 Å². The molecular formula is C7H3ClFNZn. The van der Waals surface area contributed by atoms with Crippen LogP contribution in [0.15, 0.2) is 18.2 Å². The van der Waals surface area contributed by atoms with E-state index < -0.39 is 5.82 Å².